The van der Waals surface area contributed by atoms with Crippen LogP contribution in [0.25, 0.3) is 0 Å². The summed E-state index contributed by atoms with van der Waals surface area (Å²) in [6.45, 7) is 6.27. The summed E-state index contributed by atoms with van der Waals surface area (Å²) in [5.41, 5.74) is 0. The van der Waals surface area contributed by atoms with Crippen LogP contribution < -0.4 is 0 Å². The molecule has 6 nitrogen and oxygen atoms in total. The maximum Gasteiger partial charge on any atom is 0.236 e. The summed E-state index contributed by atoms with van der Waals surface area (Å²) < 4.78 is 5.57. The zero-order valence-electron chi connectivity index (χ0n) is 15.5. The molecule has 3 heterocycles. The Kier molecular flexibility index (Phi) is 5.47. The Morgan fingerprint density at radius 3 is 2.60 bits per heavy atom. The number of carbonyl (C=O) groups excluding carboxylic acids is 2. The van der Waals surface area contributed by atoms with E-state index in [1.165, 1.54) is 0 Å². The van der Waals surface area contributed by atoms with Gasteiger partial charge in [-0.15, -0.1) is 0 Å². The summed E-state index contributed by atoms with van der Waals surface area (Å²) in [4.78, 5) is 30.5. The molecule has 25 heavy (non-hydrogen) atoms. The molecule has 0 saturated carbocycles. The molecule has 0 unspecified atom stereocenters. The Hall–Kier alpha value is -1.82. The minimum Gasteiger partial charge on any atom is -0.464 e. The largest absolute Gasteiger partial charge is 0.464 e. The summed E-state index contributed by atoms with van der Waals surface area (Å²) in [7, 11) is 1.82. The maximum atomic E-state index is 12.6. The fourth-order valence-corrected chi connectivity index (χ4v) is 4.25. The molecule has 2 amide bonds. The van der Waals surface area contributed by atoms with Crippen molar-refractivity contribution in [3.05, 3.63) is 23.7 Å². The fourth-order valence-electron chi connectivity index (χ4n) is 4.25. The third-order valence-corrected chi connectivity index (χ3v) is 5.52. The van der Waals surface area contributed by atoms with E-state index in [1.54, 1.807) is 11.8 Å². The van der Waals surface area contributed by atoms with Gasteiger partial charge < -0.3 is 14.2 Å². The highest BCUT2D eigenvalue weighted by Gasteiger charge is 2.39. The minimum atomic E-state index is 0.105. The number of aryl methyl sites for hydroxylation is 1. The molecule has 1 aromatic rings. The molecule has 0 N–H and O–H groups in total. The molecule has 0 radical (unpaired) electrons. The van der Waals surface area contributed by atoms with Crippen molar-refractivity contribution < 1.29 is 14.0 Å². The van der Waals surface area contributed by atoms with E-state index in [4.69, 9.17) is 4.42 Å². The van der Waals surface area contributed by atoms with Crippen molar-refractivity contribution in [2.24, 2.45) is 0 Å². The summed E-state index contributed by atoms with van der Waals surface area (Å²) in [5, 5.41) is 0. The number of likely N-dealkylation sites (N-methyl/N-ethyl adjacent to an activating group) is 1. The molecular weight excluding hydrogens is 318 g/mol. The Bertz CT molecular complexity index is 627. The van der Waals surface area contributed by atoms with Gasteiger partial charge in [-0.2, -0.15) is 0 Å². The third-order valence-electron chi connectivity index (χ3n) is 5.52. The predicted octanol–water partition coefficient (Wildman–Crippen LogP) is 2.02. The van der Waals surface area contributed by atoms with Gasteiger partial charge in [0, 0.05) is 32.6 Å². The molecule has 2 aliphatic rings. The van der Waals surface area contributed by atoms with Crippen LogP contribution in [0.1, 0.15) is 44.1 Å². The van der Waals surface area contributed by atoms with E-state index in [1.807, 2.05) is 31.0 Å². The second-order valence-electron chi connectivity index (χ2n) is 7.36. The van der Waals surface area contributed by atoms with Crippen LogP contribution in [0.2, 0.25) is 0 Å². The molecule has 0 spiro atoms. The lowest BCUT2D eigenvalue weighted by molar-refractivity contribution is -0.133. The number of rotatable bonds is 5. The van der Waals surface area contributed by atoms with Gasteiger partial charge in [-0.05, 0) is 51.3 Å². The quantitative estimate of drug-likeness (QED) is 0.818. The molecular formula is C19H29N3O3. The molecule has 2 fully saturated rings. The highest BCUT2D eigenvalue weighted by atomic mass is 16.3. The van der Waals surface area contributed by atoms with Gasteiger partial charge in [0.05, 0.1) is 13.1 Å². The average molecular weight is 347 g/mol. The lowest BCUT2D eigenvalue weighted by Crippen LogP contribution is -2.50. The number of furan rings is 1. The van der Waals surface area contributed by atoms with Crippen LogP contribution in [0.4, 0.5) is 0 Å². The van der Waals surface area contributed by atoms with Crippen LogP contribution in [-0.2, 0) is 16.1 Å². The fraction of sp³-hybridized carbons (Fsp3) is 0.684. The minimum absolute atomic E-state index is 0.105. The van der Waals surface area contributed by atoms with Crippen molar-refractivity contribution >= 4 is 11.8 Å². The van der Waals surface area contributed by atoms with Gasteiger partial charge in [-0.25, -0.2) is 0 Å². The molecule has 0 aromatic carbocycles. The van der Waals surface area contributed by atoms with Crippen molar-refractivity contribution in [3.8, 4) is 0 Å². The summed E-state index contributed by atoms with van der Waals surface area (Å²) in [6, 6.07) is 4.42. The average Bonchev–Trinajstić information content (AvgIpc) is 3.27. The Morgan fingerprint density at radius 1 is 1.20 bits per heavy atom. The van der Waals surface area contributed by atoms with E-state index in [9.17, 15) is 9.59 Å². The molecule has 0 aliphatic carbocycles. The smallest absolute Gasteiger partial charge is 0.236 e. The monoisotopic (exact) mass is 347 g/mol. The second-order valence-corrected chi connectivity index (χ2v) is 7.36. The van der Waals surface area contributed by atoms with Crippen LogP contribution in [0.15, 0.2) is 16.5 Å². The summed E-state index contributed by atoms with van der Waals surface area (Å²) >= 11 is 0. The summed E-state index contributed by atoms with van der Waals surface area (Å²) in [5.74, 6) is 1.94. The van der Waals surface area contributed by atoms with Crippen LogP contribution in [0.3, 0.4) is 0 Å². The zero-order chi connectivity index (χ0) is 18.0. The normalized spacial score (nSPS) is 24.0. The Morgan fingerprint density at radius 2 is 1.92 bits per heavy atom. The zero-order valence-corrected chi connectivity index (χ0v) is 15.5. The van der Waals surface area contributed by atoms with E-state index in [0.717, 1.165) is 50.3 Å². The lowest BCUT2D eigenvalue weighted by atomic mass is 10.0. The van der Waals surface area contributed by atoms with Gasteiger partial charge >= 0.3 is 0 Å². The molecule has 6 heteroatoms. The number of carbonyl (C=O) groups is 2. The van der Waals surface area contributed by atoms with E-state index >= 15 is 0 Å². The van der Waals surface area contributed by atoms with Crippen LogP contribution in [0.5, 0.6) is 0 Å². The predicted molar refractivity (Wildman–Crippen MR) is 94.9 cm³/mol. The molecule has 2 saturated heterocycles. The molecule has 138 valence electrons. The lowest BCUT2D eigenvalue weighted by Gasteiger charge is -2.34. The van der Waals surface area contributed by atoms with E-state index in [2.05, 4.69) is 4.90 Å². The first-order valence-electron chi connectivity index (χ1n) is 9.26. The third kappa shape index (κ3) is 4.06. The van der Waals surface area contributed by atoms with Crippen molar-refractivity contribution in [2.75, 3.05) is 26.7 Å². The number of hydrogen-bond acceptors (Lipinski definition) is 4. The number of likely N-dealkylation sites (tertiary alicyclic amines) is 2. The summed E-state index contributed by atoms with van der Waals surface area (Å²) in [6.07, 6.45) is 4.29. The van der Waals surface area contributed by atoms with E-state index in [-0.39, 0.29) is 17.9 Å². The van der Waals surface area contributed by atoms with E-state index < -0.39 is 0 Å². The highest BCUT2D eigenvalue weighted by molar-refractivity contribution is 5.78. The number of hydrogen-bond donors (Lipinski definition) is 0. The van der Waals surface area contributed by atoms with Gasteiger partial charge in [-0.3, -0.25) is 14.5 Å². The van der Waals surface area contributed by atoms with Crippen LogP contribution >= 0.6 is 0 Å². The first kappa shape index (κ1) is 18.0. The Balaban J connectivity index is 1.59. The van der Waals surface area contributed by atoms with Crippen LogP contribution in [-0.4, -0.2) is 65.3 Å². The van der Waals surface area contributed by atoms with Gasteiger partial charge in [-0.1, -0.05) is 0 Å². The SMILES string of the molecule is CC(=O)N1CCC[C@@H]1[C@@H]1CCCN1CC(=O)N(C)Cc1ccc(C)o1. The van der Waals surface area contributed by atoms with Gasteiger partial charge in [0.1, 0.15) is 11.5 Å². The second kappa shape index (κ2) is 7.60. The van der Waals surface area contributed by atoms with Gasteiger partial charge in [0.2, 0.25) is 11.8 Å². The topological polar surface area (TPSA) is 57.0 Å². The highest BCUT2D eigenvalue weighted by Crippen LogP contribution is 2.30. The number of amides is 2. The van der Waals surface area contributed by atoms with Crippen LogP contribution in [0, 0.1) is 6.92 Å². The van der Waals surface area contributed by atoms with Crippen molar-refractivity contribution in [2.45, 2.75) is 58.2 Å². The molecule has 2 aliphatic heterocycles. The van der Waals surface area contributed by atoms with Gasteiger partial charge in [0.15, 0.2) is 0 Å². The molecule has 0 bridgehead atoms. The molecule has 1 aromatic heterocycles. The standard InChI is InChI=1S/C19H29N3O3/c1-14-8-9-16(25-14)12-20(3)19(24)13-21-10-4-6-17(21)18-7-5-11-22(18)15(2)23/h8-9,17-18H,4-7,10-13H2,1-3H3/t17-,18+/m0/s1. The van der Waals surface area contributed by atoms with Gasteiger partial charge in [0.25, 0.3) is 0 Å². The Labute approximate surface area is 149 Å². The number of nitrogens with zero attached hydrogens (tertiary/aromatic N) is 3. The van der Waals surface area contributed by atoms with Crippen molar-refractivity contribution in [3.63, 3.8) is 0 Å². The maximum absolute atomic E-state index is 12.6. The van der Waals surface area contributed by atoms with E-state index in [0.29, 0.717) is 19.1 Å². The first-order chi connectivity index (χ1) is 12.0. The van der Waals surface area contributed by atoms with Crippen molar-refractivity contribution in [1.29, 1.82) is 0 Å². The first-order valence-corrected chi connectivity index (χ1v) is 9.26. The van der Waals surface area contributed by atoms with Crippen molar-refractivity contribution in [1.82, 2.24) is 14.7 Å². The molecule has 3 rings (SSSR count). The molecule has 2 atom stereocenters.